The maximum atomic E-state index is 14.3. The number of unbranched alkanes of at least 4 members (excludes halogenated alkanes) is 1. The van der Waals surface area contributed by atoms with Crippen LogP contribution in [0.15, 0.2) is 24.3 Å². The molecule has 0 bridgehead atoms. The van der Waals surface area contributed by atoms with E-state index in [9.17, 15) is 13.2 Å². The molecule has 3 heteroatoms. The molecule has 1 aromatic rings. The fraction of sp³-hybridized carbons (Fsp3) is 0.778. The summed E-state index contributed by atoms with van der Waals surface area (Å²) in [5.74, 6) is -0.00968. The van der Waals surface area contributed by atoms with Crippen molar-refractivity contribution in [3.05, 3.63) is 35.4 Å². The number of rotatable bonds is 9. The van der Waals surface area contributed by atoms with E-state index in [4.69, 9.17) is 0 Å². The number of halogens is 3. The lowest BCUT2D eigenvalue weighted by Gasteiger charge is -2.38. The minimum atomic E-state index is -3.27. The maximum Gasteiger partial charge on any atom is 0.282 e. The number of hydrogen-bond donors (Lipinski definition) is 0. The van der Waals surface area contributed by atoms with E-state index in [1.165, 1.54) is 76.2 Å². The molecule has 0 nitrogen and oxygen atoms in total. The average Bonchev–Trinajstić information content (AvgIpc) is 2.78. The van der Waals surface area contributed by atoms with Crippen molar-refractivity contribution >= 4 is 0 Å². The average molecular weight is 423 g/mol. The first-order valence-electron chi connectivity index (χ1n) is 12.6. The van der Waals surface area contributed by atoms with Crippen LogP contribution >= 0.6 is 0 Å². The van der Waals surface area contributed by atoms with Crippen LogP contribution in [0.2, 0.25) is 0 Å². The van der Waals surface area contributed by atoms with Crippen molar-refractivity contribution < 1.29 is 13.2 Å². The smallest absolute Gasteiger partial charge is 0.236 e. The highest BCUT2D eigenvalue weighted by atomic mass is 19.3. The Hall–Kier alpha value is -0.990. The molecule has 0 aliphatic heterocycles. The van der Waals surface area contributed by atoms with Gasteiger partial charge >= 0.3 is 0 Å². The largest absolute Gasteiger partial charge is 0.282 e. The Balaban J connectivity index is 1.47. The van der Waals surface area contributed by atoms with Gasteiger partial charge in [-0.1, -0.05) is 76.6 Å². The van der Waals surface area contributed by atoms with Crippen LogP contribution in [0.1, 0.15) is 121 Å². The zero-order valence-corrected chi connectivity index (χ0v) is 19.0. The van der Waals surface area contributed by atoms with Crippen LogP contribution < -0.4 is 0 Å². The van der Waals surface area contributed by atoms with Gasteiger partial charge in [0.2, 0.25) is 0 Å². The van der Waals surface area contributed by atoms with Crippen LogP contribution in [0, 0.1) is 17.8 Å². The fourth-order valence-electron chi connectivity index (χ4n) is 6.01. The van der Waals surface area contributed by atoms with E-state index in [1.54, 1.807) is 19.1 Å². The molecule has 0 radical (unpaired) electrons. The van der Waals surface area contributed by atoms with Crippen molar-refractivity contribution in [1.29, 1.82) is 0 Å². The van der Waals surface area contributed by atoms with E-state index < -0.39 is 18.5 Å². The Bertz CT molecular complexity index is 608. The van der Waals surface area contributed by atoms with Gasteiger partial charge in [0, 0.05) is 6.42 Å². The molecule has 0 saturated heterocycles. The number of hydrogen-bond acceptors (Lipinski definition) is 0. The van der Waals surface area contributed by atoms with E-state index in [-0.39, 0.29) is 12.0 Å². The SMILES string of the molecule is CCCCC1CCC(C2CCC(c3ccc(C(F)C(F)(F)CCC)cc3)CC2)CC1. The van der Waals surface area contributed by atoms with E-state index >= 15 is 0 Å². The Morgan fingerprint density at radius 1 is 0.833 bits per heavy atom. The van der Waals surface area contributed by atoms with Crippen molar-refractivity contribution in [1.82, 2.24) is 0 Å². The maximum absolute atomic E-state index is 14.3. The van der Waals surface area contributed by atoms with Gasteiger partial charge in [-0.3, -0.25) is 0 Å². The van der Waals surface area contributed by atoms with Gasteiger partial charge in [0.25, 0.3) is 5.92 Å². The van der Waals surface area contributed by atoms with E-state index in [0.29, 0.717) is 5.92 Å². The Morgan fingerprint density at radius 2 is 1.40 bits per heavy atom. The van der Waals surface area contributed by atoms with Crippen LogP contribution in [-0.4, -0.2) is 5.92 Å². The van der Waals surface area contributed by atoms with Crippen LogP contribution in [0.25, 0.3) is 0 Å². The lowest BCUT2D eigenvalue weighted by molar-refractivity contribution is -0.0807. The molecule has 2 aliphatic carbocycles. The van der Waals surface area contributed by atoms with E-state index in [2.05, 4.69) is 6.92 Å². The summed E-state index contributed by atoms with van der Waals surface area (Å²) >= 11 is 0. The third-order valence-electron chi connectivity index (χ3n) is 7.95. The molecule has 0 heterocycles. The zero-order valence-electron chi connectivity index (χ0n) is 19.0. The highest BCUT2D eigenvalue weighted by molar-refractivity contribution is 5.28. The van der Waals surface area contributed by atoms with Crippen LogP contribution in [0.3, 0.4) is 0 Å². The monoisotopic (exact) mass is 422 g/mol. The summed E-state index contributed by atoms with van der Waals surface area (Å²) in [6.07, 6.45) is 12.5. The summed E-state index contributed by atoms with van der Waals surface area (Å²) in [6, 6.07) is 6.97. The van der Waals surface area contributed by atoms with Crippen molar-refractivity contribution in [2.45, 2.75) is 115 Å². The first-order valence-corrected chi connectivity index (χ1v) is 12.6. The second-order valence-electron chi connectivity index (χ2n) is 10.1. The molecule has 1 atom stereocenters. The van der Waals surface area contributed by atoms with E-state index in [0.717, 1.165) is 17.8 Å². The van der Waals surface area contributed by atoms with Gasteiger partial charge in [-0.05, 0) is 73.3 Å². The topological polar surface area (TPSA) is 0 Å². The molecule has 30 heavy (non-hydrogen) atoms. The van der Waals surface area contributed by atoms with Crippen LogP contribution in [0.4, 0.5) is 13.2 Å². The second-order valence-corrected chi connectivity index (χ2v) is 10.1. The quantitative estimate of drug-likeness (QED) is 0.372. The third kappa shape index (κ3) is 6.04. The molecule has 0 N–H and O–H groups in total. The minimum Gasteiger partial charge on any atom is -0.236 e. The predicted octanol–water partition coefficient (Wildman–Crippen LogP) is 9.40. The van der Waals surface area contributed by atoms with Gasteiger partial charge in [-0.25, -0.2) is 13.2 Å². The Morgan fingerprint density at radius 3 is 1.93 bits per heavy atom. The van der Waals surface area contributed by atoms with Gasteiger partial charge in [0.1, 0.15) is 0 Å². The standard InChI is InChI=1S/C27H41F3/c1-3-5-6-20-7-9-21(10-8-20)22-11-13-23(14-12-22)24-15-17-25(18-16-24)26(28)27(29,30)19-4-2/h15-18,20-23,26H,3-14,19H2,1-2H3. The first kappa shape index (κ1) is 23.7. The van der Waals surface area contributed by atoms with Gasteiger partial charge in [0.05, 0.1) is 0 Å². The van der Waals surface area contributed by atoms with E-state index in [1.807, 2.05) is 12.1 Å². The molecular weight excluding hydrogens is 381 g/mol. The molecular formula is C27H41F3. The summed E-state index contributed by atoms with van der Waals surface area (Å²) in [6.45, 7) is 3.95. The first-order chi connectivity index (χ1) is 14.4. The highest BCUT2D eigenvalue weighted by Gasteiger charge is 2.40. The molecule has 170 valence electrons. The molecule has 0 aromatic heterocycles. The fourth-order valence-corrected chi connectivity index (χ4v) is 6.01. The molecule has 1 unspecified atom stereocenters. The van der Waals surface area contributed by atoms with Crippen molar-refractivity contribution in [3.8, 4) is 0 Å². The molecule has 0 spiro atoms. The molecule has 3 rings (SSSR count). The summed E-state index contributed by atoms with van der Waals surface area (Å²) < 4.78 is 42.1. The number of alkyl halides is 3. The van der Waals surface area contributed by atoms with Crippen molar-refractivity contribution in [2.24, 2.45) is 17.8 Å². The molecule has 2 saturated carbocycles. The van der Waals surface area contributed by atoms with Gasteiger partial charge in [-0.2, -0.15) is 0 Å². The van der Waals surface area contributed by atoms with Gasteiger partial charge < -0.3 is 0 Å². The summed E-state index contributed by atoms with van der Waals surface area (Å²) in [5, 5.41) is 0. The lowest BCUT2D eigenvalue weighted by atomic mass is 9.68. The van der Waals surface area contributed by atoms with Crippen LogP contribution in [0.5, 0.6) is 0 Å². The van der Waals surface area contributed by atoms with Gasteiger partial charge in [-0.15, -0.1) is 0 Å². The van der Waals surface area contributed by atoms with Gasteiger partial charge in [0.15, 0.2) is 6.17 Å². The lowest BCUT2D eigenvalue weighted by Crippen LogP contribution is -2.25. The summed E-state index contributed by atoms with van der Waals surface area (Å²) in [4.78, 5) is 0. The third-order valence-corrected chi connectivity index (χ3v) is 7.95. The Labute approximate surface area is 182 Å². The Kier molecular flexibility index (Phi) is 8.72. The number of benzene rings is 1. The van der Waals surface area contributed by atoms with Crippen molar-refractivity contribution in [2.75, 3.05) is 0 Å². The normalized spacial score (nSPS) is 29.0. The molecule has 2 aliphatic rings. The van der Waals surface area contributed by atoms with Crippen LogP contribution in [-0.2, 0) is 0 Å². The molecule has 1 aromatic carbocycles. The summed E-state index contributed by atoms with van der Waals surface area (Å²) in [5.41, 5.74) is 1.32. The molecule has 0 amide bonds. The molecule has 2 fully saturated rings. The summed E-state index contributed by atoms with van der Waals surface area (Å²) in [7, 11) is 0. The second kappa shape index (κ2) is 11.0. The minimum absolute atomic E-state index is 0.116. The van der Waals surface area contributed by atoms with Crippen molar-refractivity contribution in [3.63, 3.8) is 0 Å². The predicted molar refractivity (Wildman–Crippen MR) is 120 cm³/mol. The zero-order chi connectivity index (χ0) is 21.6. The highest BCUT2D eigenvalue weighted by Crippen LogP contribution is 2.45.